The molecule has 0 spiro atoms. The van der Waals surface area contributed by atoms with Gasteiger partial charge in [0.05, 0.1) is 6.61 Å². The zero-order valence-electron chi connectivity index (χ0n) is 12.7. The van der Waals surface area contributed by atoms with Crippen LogP contribution >= 0.6 is 0 Å². The van der Waals surface area contributed by atoms with E-state index in [1.807, 2.05) is 42.5 Å². The molecule has 0 radical (unpaired) electrons. The van der Waals surface area contributed by atoms with Crippen LogP contribution in [0.15, 0.2) is 54.6 Å². The Labute approximate surface area is 131 Å². The van der Waals surface area contributed by atoms with E-state index in [4.69, 9.17) is 14.2 Å². The fourth-order valence-electron chi connectivity index (χ4n) is 2.50. The Bertz CT molecular complexity index is 545. The highest BCUT2D eigenvalue weighted by molar-refractivity contribution is 5.31. The average molecular weight is 298 g/mol. The number of rotatable bonds is 6. The first-order valence-corrected chi connectivity index (χ1v) is 7.87. The van der Waals surface area contributed by atoms with Crippen LogP contribution in [0.2, 0.25) is 0 Å². The van der Waals surface area contributed by atoms with Crippen molar-refractivity contribution in [1.82, 2.24) is 0 Å². The van der Waals surface area contributed by atoms with Gasteiger partial charge in [-0.25, -0.2) is 0 Å². The van der Waals surface area contributed by atoms with E-state index in [1.54, 1.807) is 0 Å². The molecule has 1 saturated heterocycles. The molecule has 0 atom stereocenters. The predicted molar refractivity (Wildman–Crippen MR) is 86.3 cm³/mol. The summed E-state index contributed by atoms with van der Waals surface area (Å²) in [6.07, 6.45) is 2.19. The second-order valence-corrected chi connectivity index (χ2v) is 5.61. The molecule has 1 fully saturated rings. The van der Waals surface area contributed by atoms with Gasteiger partial charge < -0.3 is 14.2 Å². The van der Waals surface area contributed by atoms with Crippen LogP contribution in [0.1, 0.15) is 18.4 Å². The second kappa shape index (κ2) is 7.85. The van der Waals surface area contributed by atoms with E-state index in [9.17, 15) is 0 Å². The van der Waals surface area contributed by atoms with Crippen molar-refractivity contribution in [1.29, 1.82) is 0 Å². The summed E-state index contributed by atoms with van der Waals surface area (Å²) >= 11 is 0. The van der Waals surface area contributed by atoms with Crippen molar-refractivity contribution in [3.63, 3.8) is 0 Å². The molecule has 0 N–H and O–H groups in total. The molecule has 2 aromatic rings. The van der Waals surface area contributed by atoms with Crippen molar-refractivity contribution in [3.05, 3.63) is 60.2 Å². The van der Waals surface area contributed by atoms with E-state index in [0.717, 1.165) is 44.2 Å². The Kier molecular flexibility index (Phi) is 5.32. The Morgan fingerprint density at radius 1 is 0.818 bits per heavy atom. The molecule has 1 aliphatic heterocycles. The largest absolute Gasteiger partial charge is 0.493 e. The van der Waals surface area contributed by atoms with Crippen LogP contribution in [0, 0.1) is 5.92 Å². The van der Waals surface area contributed by atoms with E-state index in [2.05, 4.69) is 12.1 Å². The lowest BCUT2D eigenvalue weighted by molar-refractivity contribution is 0.0497. The minimum atomic E-state index is 0.586. The summed E-state index contributed by atoms with van der Waals surface area (Å²) in [4.78, 5) is 0. The summed E-state index contributed by atoms with van der Waals surface area (Å²) in [7, 11) is 0. The van der Waals surface area contributed by atoms with Gasteiger partial charge in [-0.3, -0.25) is 0 Å². The lowest BCUT2D eigenvalue weighted by atomic mass is 10.0. The fourth-order valence-corrected chi connectivity index (χ4v) is 2.50. The molecule has 0 saturated carbocycles. The van der Waals surface area contributed by atoms with E-state index in [1.165, 1.54) is 5.56 Å². The Hall–Kier alpha value is -2.00. The lowest BCUT2D eigenvalue weighted by Crippen LogP contribution is -2.21. The van der Waals surface area contributed by atoms with Gasteiger partial charge in [-0.15, -0.1) is 0 Å². The van der Waals surface area contributed by atoms with E-state index >= 15 is 0 Å². The maximum absolute atomic E-state index is 5.85. The Balaban J connectivity index is 1.45. The van der Waals surface area contributed by atoms with Crippen molar-refractivity contribution in [3.8, 4) is 11.5 Å². The molecule has 22 heavy (non-hydrogen) atoms. The highest BCUT2D eigenvalue weighted by atomic mass is 16.5. The summed E-state index contributed by atoms with van der Waals surface area (Å²) in [5.41, 5.74) is 1.17. The van der Waals surface area contributed by atoms with Gasteiger partial charge in [0.2, 0.25) is 0 Å². The van der Waals surface area contributed by atoms with Gasteiger partial charge in [-0.2, -0.15) is 0 Å². The van der Waals surface area contributed by atoms with Crippen molar-refractivity contribution < 1.29 is 14.2 Å². The molecular weight excluding hydrogens is 276 g/mol. The molecule has 1 aliphatic rings. The van der Waals surface area contributed by atoms with Gasteiger partial charge in [0, 0.05) is 13.2 Å². The fraction of sp³-hybridized carbons (Fsp3) is 0.368. The third-order valence-electron chi connectivity index (χ3n) is 3.90. The molecule has 3 heteroatoms. The third kappa shape index (κ3) is 4.50. The first-order chi connectivity index (χ1) is 10.9. The van der Waals surface area contributed by atoms with Crippen molar-refractivity contribution in [2.45, 2.75) is 19.4 Å². The summed E-state index contributed by atoms with van der Waals surface area (Å²) in [5.74, 6) is 2.38. The highest BCUT2D eigenvalue weighted by Crippen LogP contribution is 2.21. The number of hydrogen-bond donors (Lipinski definition) is 0. The van der Waals surface area contributed by atoms with Gasteiger partial charge >= 0.3 is 0 Å². The van der Waals surface area contributed by atoms with Crippen LogP contribution in [-0.2, 0) is 11.3 Å². The standard InChI is InChI=1S/C19H22O3/c1-2-4-16(5-3-1)14-21-18-6-8-19(9-7-18)22-15-17-10-12-20-13-11-17/h1-9,17H,10-15H2. The summed E-state index contributed by atoms with van der Waals surface area (Å²) in [5, 5.41) is 0. The molecule has 0 amide bonds. The Morgan fingerprint density at radius 2 is 1.45 bits per heavy atom. The van der Waals surface area contributed by atoms with Crippen molar-refractivity contribution >= 4 is 0 Å². The van der Waals surface area contributed by atoms with Gasteiger partial charge in [-0.05, 0) is 48.6 Å². The molecule has 3 nitrogen and oxygen atoms in total. The number of ether oxygens (including phenoxy) is 3. The van der Waals surface area contributed by atoms with E-state index in [-0.39, 0.29) is 0 Å². The minimum Gasteiger partial charge on any atom is -0.493 e. The van der Waals surface area contributed by atoms with Gasteiger partial charge in [-0.1, -0.05) is 30.3 Å². The quantitative estimate of drug-likeness (QED) is 0.804. The molecule has 0 bridgehead atoms. The van der Waals surface area contributed by atoms with Gasteiger partial charge in [0.1, 0.15) is 18.1 Å². The Morgan fingerprint density at radius 3 is 2.14 bits per heavy atom. The predicted octanol–water partition coefficient (Wildman–Crippen LogP) is 4.07. The summed E-state index contributed by atoms with van der Waals surface area (Å²) in [6.45, 7) is 3.08. The zero-order valence-corrected chi connectivity index (χ0v) is 12.7. The molecule has 2 aromatic carbocycles. The minimum absolute atomic E-state index is 0.586. The molecule has 116 valence electrons. The normalized spacial score (nSPS) is 15.5. The van der Waals surface area contributed by atoms with Gasteiger partial charge in [0.25, 0.3) is 0 Å². The zero-order chi connectivity index (χ0) is 15.0. The second-order valence-electron chi connectivity index (χ2n) is 5.61. The summed E-state index contributed by atoms with van der Waals surface area (Å²) < 4.78 is 17.0. The van der Waals surface area contributed by atoms with Crippen molar-refractivity contribution in [2.75, 3.05) is 19.8 Å². The van der Waals surface area contributed by atoms with Crippen LogP contribution in [0.3, 0.4) is 0 Å². The maximum atomic E-state index is 5.85. The third-order valence-corrected chi connectivity index (χ3v) is 3.90. The molecule has 1 heterocycles. The number of benzene rings is 2. The summed E-state index contributed by atoms with van der Waals surface area (Å²) in [6, 6.07) is 18.0. The number of hydrogen-bond acceptors (Lipinski definition) is 3. The van der Waals surface area contributed by atoms with Gasteiger partial charge in [0.15, 0.2) is 0 Å². The lowest BCUT2D eigenvalue weighted by Gasteiger charge is -2.22. The van der Waals surface area contributed by atoms with Crippen LogP contribution in [0.4, 0.5) is 0 Å². The maximum Gasteiger partial charge on any atom is 0.120 e. The average Bonchev–Trinajstić information content (AvgIpc) is 2.61. The van der Waals surface area contributed by atoms with Crippen LogP contribution < -0.4 is 9.47 Å². The van der Waals surface area contributed by atoms with Crippen molar-refractivity contribution in [2.24, 2.45) is 5.92 Å². The molecule has 0 aromatic heterocycles. The van der Waals surface area contributed by atoms with Crippen LogP contribution in [0.25, 0.3) is 0 Å². The smallest absolute Gasteiger partial charge is 0.120 e. The molecular formula is C19H22O3. The monoisotopic (exact) mass is 298 g/mol. The molecule has 3 rings (SSSR count). The first-order valence-electron chi connectivity index (χ1n) is 7.87. The van der Waals surface area contributed by atoms with Crippen LogP contribution in [-0.4, -0.2) is 19.8 Å². The molecule has 0 unspecified atom stereocenters. The molecule has 0 aliphatic carbocycles. The topological polar surface area (TPSA) is 27.7 Å². The van der Waals surface area contributed by atoms with E-state index in [0.29, 0.717) is 12.5 Å². The van der Waals surface area contributed by atoms with Crippen LogP contribution in [0.5, 0.6) is 11.5 Å². The highest BCUT2D eigenvalue weighted by Gasteiger charge is 2.14. The van der Waals surface area contributed by atoms with E-state index < -0.39 is 0 Å². The SMILES string of the molecule is c1ccc(COc2ccc(OCC3CCOCC3)cc2)cc1. The first kappa shape index (κ1) is 14.9.